The molecule has 0 N–H and O–H groups in total. The summed E-state index contributed by atoms with van der Waals surface area (Å²) in [6, 6.07) is 21.4. The van der Waals surface area contributed by atoms with E-state index in [0.29, 0.717) is 12.5 Å². The zero-order valence-corrected chi connectivity index (χ0v) is 21.6. The van der Waals surface area contributed by atoms with Crippen LogP contribution in [0.4, 0.5) is 0 Å². The minimum absolute atomic E-state index is 0.0770. The Morgan fingerprint density at radius 3 is 1.74 bits per heavy atom. The molecule has 0 aromatic heterocycles. The lowest BCUT2D eigenvalue weighted by molar-refractivity contribution is -0.120. The van der Waals surface area contributed by atoms with Crippen molar-refractivity contribution >= 4 is 16.6 Å². The van der Waals surface area contributed by atoms with Gasteiger partial charge in [-0.05, 0) is 69.2 Å². The van der Waals surface area contributed by atoms with E-state index in [2.05, 4.69) is 102 Å². The minimum atomic E-state index is -1.74. The van der Waals surface area contributed by atoms with Gasteiger partial charge in [-0.15, -0.1) is 0 Å². The summed E-state index contributed by atoms with van der Waals surface area (Å²) >= 11 is 0. The molecule has 0 spiro atoms. The number of carbonyl (C=O) groups excluding carboxylic acids is 1. The zero-order valence-electron chi connectivity index (χ0n) is 20.8. The lowest BCUT2D eigenvalue weighted by Gasteiger charge is -2.51. The van der Waals surface area contributed by atoms with E-state index in [9.17, 15) is 4.79 Å². The molecule has 0 radical (unpaired) electrons. The van der Waals surface area contributed by atoms with Gasteiger partial charge >= 0.3 is 0 Å². The molecule has 1 fully saturated rings. The van der Waals surface area contributed by atoms with Crippen LogP contribution < -0.4 is 0 Å². The lowest BCUT2D eigenvalue weighted by Crippen LogP contribution is -2.38. The minimum Gasteiger partial charge on any atom is -0.327 e. The molecule has 0 bridgehead atoms. The SMILES string of the molecule is CC.CC1(C)[C@@H](COS(c2ccccc2)(c2ccccc2)C(C)(C)C)CC[C@@]1(C)C=O. The standard InChI is InChI=1S/C26H36O2S.C2H6/c1-24(2,3)29(22-13-9-7-10-14-22,23-15-11-8-12-16-23)28-19-21-17-18-26(6,20-27)25(21,4)5;1-2/h7-16,20-21H,17-19H2,1-6H3;1-2H3/t21-,26+;/m1./s1. The highest BCUT2D eigenvalue weighted by Crippen LogP contribution is 2.72. The normalized spacial score (nSPS) is 23.5. The van der Waals surface area contributed by atoms with Crippen LogP contribution >= 0.6 is 10.3 Å². The lowest BCUT2D eigenvalue weighted by atomic mass is 9.67. The van der Waals surface area contributed by atoms with E-state index < -0.39 is 10.3 Å². The van der Waals surface area contributed by atoms with Gasteiger partial charge in [-0.3, -0.25) is 0 Å². The molecule has 2 atom stereocenters. The Kier molecular flexibility index (Phi) is 8.21. The van der Waals surface area contributed by atoms with Crippen molar-refractivity contribution < 1.29 is 8.98 Å². The van der Waals surface area contributed by atoms with Gasteiger partial charge < -0.3 is 8.98 Å². The summed E-state index contributed by atoms with van der Waals surface area (Å²) in [4.78, 5) is 14.4. The maximum atomic E-state index is 11.9. The summed E-state index contributed by atoms with van der Waals surface area (Å²) in [5.41, 5.74) is -0.356. The van der Waals surface area contributed by atoms with Crippen molar-refractivity contribution in [3.63, 3.8) is 0 Å². The smallest absolute Gasteiger partial charge is 0.126 e. The number of rotatable bonds is 6. The first-order valence-corrected chi connectivity index (χ1v) is 13.2. The van der Waals surface area contributed by atoms with E-state index in [0.717, 1.165) is 12.8 Å². The van der Waals surface area contributed by atoms with Crippen molar-refractivity contribution in [1.82, 2.24) is 0 Å². The molecular formula is C28H42O2S. The molecule has 3 heteroatoms. The molecule has 31 heavy (non-hydrogen) atoms. The molecule has 2 nitrogen and oxygen atoms in total. The monoisotopic (exact) mass is 442 g/mol. The number of hydrogen-bond acceptors (Lipinski definition) is 2. The second kappa shape index (κ2) is 9.92. The topological polar surface area (TPSA) is 26.3 Å². The van der Waals surface area contributed by atoms with Gasteiger partial charge in [-0.2, -0.15) is 0 Å². The second-order valence-electron chi connectivity index (χ2n) is 10.1. The third-order valence-electron chi connectivity index (χ3n) is 7.22. The summed E-state index contributed by atoms with van der Waals surface area (Å²) < 4.78 is 7.01. The largest absolute Gasteiger partial charge is 0.327 e. The molecule has 2 aromatic carbocycles. The van der Waals surface area contributed by atoms with Gasteiger partial charge in [-0.25, -0.2) is 0 Å². The molecule has 3 rings (SSSR count). The summed E-state index contributed by atoms with van der Waals surface area (Å²) in [5, 5.41) is 0. The number of carbonyl (C=O) groups is 1. The van der Waals surface area contributed by atoms with E-state index in [1.165, 1.54) is 16.1 Å². The maximum absolute atomic E-state index is 11.9. The summed E-state index contributed by atoms with van der Waals surface area (Å²) in [6.45, 7) is 18.1. The Hall–Kier alpha value is -1.58. The van der Waals surface area contributed by atoms with Gasteiger partial charge in [0, 0.05) is 20.0 Å². The first-order chi connectivity index (χ1) is 14.6. The second-order valence-corrected chi connectivity index (χ2v) is 13.6. The van der Waals surface area contributed by atoms with Crippen LogP contribution in [0.1, 0.15) is 68.2 Å². The van der Waals surface area contributed by atoms with E-state index in [1.807, 2.05) is 13.8 Å². The molecular weight excluding hydrogens is 400 g/mol. The fourth-order valence-corrected chi connectivity index (χ4v) is 8.45. The summed E-state index contributed by atoms with van der Waals surface area (Å²) in [7, 11) is -1.74. The Morgan fingerprint density at radius 1 is 0.935 bits per heavy atom. The average Bonchev–Trinajstić information content (AvgIpc) is 3.00. The molecule has 0 heterocycles. The molecule has 0 unspecified atom stereocenters. The molecule has 0 saturated heterocycles. The Bertz CT molecular complexity index is 784. The molecule has 0 amide bonds. The van der Waals surface area contributed by atoms with Crippen LogP contribution in [0, 0.1) is 16.7 Å². The van der Waals surface area contributed by atoms with Gasteiger partial charge in [0.15, 0.2) is 0 Å². The number of hydrogen-bond donors (Lipinski definition) is 0. The van der Waals surface area contributed by atoms with E-state index in [-0.39, 0.29) is 15.6 Å². The zero-order chi connectivity index (χ0) is 23.3. The molecule has 1 aliphatic rings. The van der Waals surface area contributed by atoms with Gasteiger partial charge in [0.2, 0.25) is 0 Å². The maximum Gasteiger partial charge on any atom is 0.126 e. The Balaban J connectivity index is 0.00000166. The Labute approximate surface area is 192 Å². The first-order valence-electron chi connectivity index (χ1n) is 11.6. The predicted molar refractivity (Wildman–Crippen MR) is 135 cm³/mol. The van der Waals surface area contributed by atoms with Crippen LogP contribution in [0.3, 0.4) is 0 Å². The van der Waals surface area contributed by atoms with Crippen LogP contribution in [0.2, 0.25) is 0 Å². The molecule has 1 saturated carbocycles. The molecule has 2 aromatic rings. The van der Waals surface area contributed by atoms with Crippen molar-refractivity contribution in [3.8, 4) is 0 Å². The number of benzene rings is 2. The first kappa shape index (κ1) is 25.7. The third kappa shape index (κ3) is 4.64. The fourth-order valence-electron chi connectivity index (χ4n) is 4.69. The van der Waals surface area contributed by atoms with Crippen LogP contribution in [0.5, 0.6) is 0 Å². The van der Waals surface area contributed by atoms with Crippen LogP contribution in [-0.2, 0) is 8.98 Å². The van der Waals surface area contributed by atoms with E-state index in [1.54, 1.807) is 0 Å². The van der Waals surface area contributed by atoms with Crippen molar-refractivity contribution in [3.05, 3.63) is 60.7 Å². The quantitative estimate of drug-likeness (QED) is 0.420. The average molecular weight is 443 g/mol. The third-order valence-corrected chi connectivity index (χ3v) is 11.3. The van der Waals surface area contributed by atoms with Crippen LogP contribution in [0.15, 0.2) is 70.5 Å². The van der Waals surface area contributed by atoms with Crippen LogP contribution in [0.25, 0.3) is 0 Å². The summed E-state index contributed by atoms with van der Waals surface area (Å²) in [6.07, 6.45) is 3.14. The van der Waals surface area contributed by atoms with Crippen molar-refractivity contribution in [1.29, 1.82) is 0 Å². The van der Waals surface area contributed by atoms with Gasteiger partial charge in [-0.1, -0.05) is 81.3 Å². The van der Waals surface area contributed by atoms with Gasteiger partial charge in [0.25, 0.3) is 0 Å². The highest BCUT2D eigenvalue weighted by Gasteiger charge is 2.52. The number of aldehydes is 1. The van der Waals surface area contributed by atoms with Gasteiger partial charge in [0.05, 0.1) is 6.61 Å². The summed E-state index contributed by atoms with van der Waals surface area (Å²) in [5.74, 6) is 0.361. The highest BCUT2D eigenvalue weighted by molar-refractivity contribution is 8.31. The van der Waals surface area contributed by atoms with Crippen molar-refractivity contribution in [2.24, 2.45) is 16.7 Å². The highest BCUT2D eigenvalue weighted by atomic mass is 32.3. The molecule has 1 aliphatic carbocycles. The van der Waals surface area contributed by atoms with Crippen molar-refractivity contribution in [2.45, 2.75) is 82.8 Å². The van der Waals surface area contributed by atoms with Gasteiger partial charge in [0.1, 0.15) is 6.29 Å². The Morgan fingerprint density at radius 2 is 1.39 bits per heavy atom. The predicted octanol–water partition coefficient (Wildman–Crippen LogP) is 8.31. The molecule has 172 valence electrons. The van der Waals surface area contributed by atoms with E-state index >= 15 is 0 Å². The fraction of sp³-hybridized carbons (Fsp3) is 0.536. The van der Waals surface area contributed by atoms with Crippen molar-refractivity contribution in [2.75, 3.05) is 6.61 Å². The molecule has 0 aliphatic heterocycles. The van der Waals surface area contributed by atoms with E-state index in [4.69, 9.17) is 4.18 Å². The van der Waals surface area contributed by atoms with Crippen LogP contribution in [-0.4, -0.2) is 17.6 Å².